The van der Waals surface area contributed by atoms with Gasteiger partial charge in [0.05, 0.1) is 22.9 Å². The zero-order chi connectivity index (χ0) is 20.5. The van der Waals surface area contributed by atoms with Gasteiger partial charge in [-0.3, -0.25) is 9.78 Å². The molecule has 1 amide bonds. The molecule has 1 atom stereocenters. The maximum Gasteiger partial charge on any atom is 0.266 e. The Morgan fingerprint density at radius 3 is 2.48 bits per heavy atom. The third kappa shape index (κ3) is 4.12. The average Bonchev–Trinajstić information content (AvgIpc) is 3.28. The van der Waals surface area contributed by atoms with Gasteiger partial charge in [-0.25, -0.2) is 15.0 Å². The lowest BCUT2D eigenvalue weighted by molar-refractivity contribution is 0.0737. The Hall–Kier alpha value is -2.87. The highest BCUT2D eigenvalue weighted by molar-refractivity contribution is 7.11. The molecule has 1 aliphatic rings. The summed E-state index contributed by atoms with van der Waals surface area (Å²) in [5, 5.41) is 3.30. The van der Waals surface area contributed by atoms with Crippen LogP contribution in [-0.4, -0.2) is 37.3 Å². The van der Waals surface area contributed by atoms with Crippen LogP contribution in [0.5, 0.6) is 0 Å². The molecule has 0 spiro atoms. The van der Waals surface area contributed by atoms with Crippen LogP contribution in [0.15, 0.2) is 23.7 Å². The largest absolute Gasteiger partial charge is 0.329 e. The molecule has 0 bridgehead atoms. The average molecular weight is 409 g/mol. The Kier molecular flexibility index (Phi) is 5.27. The minimum atomic E-state index is -0.0374. The van der Waals surface area contributed by atoms with Gasteiger partial charge in [0.2, 0.25) is 5.95 Å². The van der Waals surface area contributed by atoms with Crippen molar-refractivity contribution in [3.63, 3.8) is 0 Å². The van der Waals surface area contributed by atoms with Crippen LogP contribution < -0.4 is 5.32 Å². The molecule has 3 aromatic heterocycles. The Balaban J connectivity index is 1.62. The van der Waals surface area contributed by atoms with Crippen molar-refractivity contribution >= 4 is 28.9 Å². The number of aryl methyl sites for hydroxylation is 4. The monoisotopic (exact) mass is 408 g/mol. The van der Waals surface area contributed by atoms with Crippen molar-refractivity contribution in [2.45, 2.75) is 46.6 Å². The maximum absolute atomic E-state index is 13.1. The zero-order valence-electron chi connectivity index (χ0n) is 17.1. The number of aromatic nitrogens is 4. The van der Waals surface area contributed by atoms with E-state index in [0.717, 1.165) is 53.5 Å². The molecule has 0 aromatic carbocycles. The van der Waals surface area contributed by atoms with E-state index in [1.165, 1.54) is 11.3 Å². The molecule has 150 valence electrons. The SMILES string of the molecule is Cc1cc(Nc2nc(C)cc(C)n2)cc([C@@H]2CCCN2C(=O)c2scnc2C)n1. The fourth-order valence-electron chi connectivity index (χ4n) is 3.80. The molecule has 8 heteroatoms. The standard InChI is InChI=1S/C21H24N6OS/c1-12-8-13(2)25-21(24-12)26-16-9-14(3)23-17(10-16)18-6-5-7-27(18)20(28)19-15(4)22-11-29-19/h8-11,18H,5-7H2,1-4H3,(H,23,24,25,26)/t18-/m0/s1. The predicted molar refractivity (Wildman–Crippen MR) is 114 cm³/mol. The van der Waals surface area contributed by atoms with Crippen LogP contribution in [-0.2, 0) is 0 Å². The lowest BCUT2D eigenvalue weighted by Crippen LogP contribution is -2.31. The molecular formula is C21H24N6OS. The molecule has 1 aliphatic heterocycles. The molecule has 0 aliphatic carbocycles. The van der Waals surface area contributed by atoms with Gasteiger partial charge < -0.3 is 10.2 Å². The fourth-order valence-corrected chi connectivity index (χ4v) is 4.56. The van der Waals surface area contributed by atoms with Crippen molar-refractivity contribution < 1.29 is 4.79 Å². The van der Waals surface area contributed by atoms with Gasteiger partial charge in [-0.2, -0.15) is 0 Å². The maximum atomic E-state index is 13.1. The van der Waals surface area contributed by atoms with Crippen molar-refractivity contribution in [1.29, 1.82) is 0 Å². The molecule has 0 unspecified atom stereocenters. The third-order valence-corrected chi connectivity index (χ3v) is 5.92. The minimum absolute atomic E-state index is 0.0374. The number of thiazole rings is 1. The summed E-state index contributed by atoms with van der Waals surface area (Å²) >= 11 is 1.40. The number of hydrogen-bond donors (Lipinski definition) is 1. The van der Waals surface area contributed by atoms with E-state index in [9.17, 15) is 4.79 Å². The molecule has 4 rings (SSSR count). The smallest absolute Gasteiger partial charge is 0.266 e. The van der Waals surface area contributed by atoms with Crippen LogP contribution in [0.2, 0.25) is 0 Å². The Labute approximate surface area is 174 Å². The number of likely N-dealkylation sites (tertiary alicyclic amines) is 1. The van der Waals surface area contributed by atoms with Gasteiger partial charge in [0.25, 0.3) is 5.91 Å². The second-order valence-electron chi connectivity index (χ2n) is 7.44. The summed E-state index contributed by atoms with van der Waals surface area (Å²) in [4.78, 5) is 33.6. The van der Waals surface area contributed by atoms with Crippen molar-refractivity contribution in [3.05, 3.63) is 57.1 Å². The predicted octanol–water partition coefficient (Wildman–Crippen LogP) is 4.28. The molecule has 1 fully saturated rings. The number of anilines is 2. The Morgan fingerprint density at radius 2 is 1.79 bits per heavy atom. The summed E-state index contributed by atoms with van der Waals surface area (Å²) in [6.07, 6.45) is 1.87. The summed E-state index contributed by atoms with van der Waals surface area (Å²) in [6.45, 7) is 8.48. The van der Waals surface area contributed by atoms with Gasteiger partial charge in [-0.1, -0.05) is 0 Å². The fraction of sp³-hybridized carbons (Fsp3) is 0.381. The lowest BCUT2D eigenvalue weighted by Gasteiger charge is -2.24. The molecule has 0 radical (unpaired) electrons. The molecule has 7 nitrogen and oxygen atoms in total. The van der Waals surface area contributed by atoms with E-state index in [4.69, 9.17) is 4.98 Å². The van der Waals surface area contributed by atoms with Gasteiger partial charge in [-0.05, 0) is 58.7 Å². The highest BCUT2D eigenvalue weighted by Gasteiger charge is 2.33. The number of hydrogen-bond acceptors (Lipinski definition) is 7. The number of nitrogens with one attached hydrogen (secondary N) is 1. The Bertz CT molecular complexity index is 1040. The topological polar surface area (TPSA) is 83.9 Å². The first-order valence-electron chi connectivity index (χ1n) is 9.69. The van der Waals surface area contributed by atoms with Crippen molar-refractivity contribution in [1.82, 2.24) is 24.8 Å². The quantitative estimate of drug-likeness (QED) is 0.694. The van der Waals surface area contributed by atoms with E-state index >= 15 is 0 Å². The number of rotatable bonds is 4. The highest BCUT2D eigenvalue weighted by Crippen LogP contribution is 2.34. The number of nitrogens with zero attached hydrogens (tertiary/aromatic N) is 5. The van der Waals surface area contributed by atoms with E-state index in [1.807, 2.05) is 50.8 Å². The van der Waals surface area contributed by atoms with Gasteiger partial charge in [-0.15, -0.1) is 11.3 Å². The van der Waals surface area contributed by atoms with Crippen LogP contribution in [0.3, 0.4) is 0 Å². The van der Waals surface area contributed by atoms with Gasteiger partial charge >= 0.3 is 0 Å². The summed E-state index contributed by atoms with van der Waals surface area (Å²) in [6, 6.07) is 5.88. The first-order valence-corrected chi connectivity index (χ1v) is 10.6. The zero-order valence-corrected chi connectivity index (χ0v) is 17.9. The first-order chi connectivity index (χ1) is 13.9. The lowest BCUT2D eigenvalue weighted by atomic mass is 10.1. The molecular weight excluding hydrogens is 384 g/mol. The second-order valence-corrected chi connectivity index (χ2v) is 8.30. The molecule has 1 N–H and O–H groups in total. The summed E-state index contributed by atoms with van der Waals surface area (Å²) in [7, 11) is 0. The van der Waals surface area contributed by atoms with Gasteiger partial charge in [0.15, 0.2) is 0 Å². The van der Waals surface area contributed by atoms with Crippen LogP contribution in [0, 0.1) is 27.7 Å². The normalized spacial score (nSPS) is 16.3. The van der Waals surface area contributed by atoms with Crippen LogP contribution in [0.25, 0.3) is 0 Å². The summed E-state index contributed by atoms with van der Waals surface area (Å²) in [5.41, 5.74) is 7.01. The second kappa shape index (κ2) is 7.87. The number of carbonyl (C=O) groups excluding carboxylic acids is 1. The van der Waals surface area contributed by atoms with E-state index in [2.05, 4.69) is 20.3 Å². The minimum Gasteiger partial charge on any atom is -0.329 e. The van der Waals surface area contributed by atoms with Crippen molar-refractivity contribution in [2.24, 2.45) is 0 Å². The molecule has 3 aromatic rings. The van der Waals surface area contributed by atoms with Gasteiger partial charge in [0.1, 0.15) is 4.88 Å². The molecule has 4 heterocycles. The van der Waals surface area contributed by atoms with E-state index in [-0.39, 0.29) is 11.9 Å². The summed E-state index contributed by atoms with van der Waals surface area (Å²) < 4.78 is 0. The van der Waals surface area contributed by atoms with Gasteiger partial charge in [0, 0.05) is 29.3 Å². The third-order valence-electron chi connectivity index (χ3n) is 5.01. The number of carbonyl (C=O) groups is 1. The van der Waals surface area contributed by atoms with E-state index in [1.54, 1.807) is 5.51 Å². The molecule has 1 saturated heterocycles. The summed E-state index contributed by atoms with van der Waals surface area (Å²) in [5.74, 6) is 0.613. The van der Waals surface area contributed by atoms with Crippen molar-refractivity contribution in [2.75, 3.05) is 11.9 Å². The molecule has 0 saturated carbocycles. The van der Waals surface area contributed by atoms with Crippen LogP contribution >= 0.6 is 11.3 Å². The number of amides is 1. The molecule has 29 heavy (non-hydrogen) atoms. The highest BCUT2D eigenvalue weighted by atomic mass is 32.1. The van der Waals surface area contributed by atoms with Crippen LogP contribution in [0.4, 0.5) is 11.6 Å². The Morgan fingerprint density at radius 1 is 1.07 bits per heavy atom. The number of pyridine rings is 1. The van der Waals surface area contributed by atoms with Crippen LogP contribution in [0.1, 0.15) is 57.0 Å². The van der Waals surface area contributed by atoms with E-state index in [0.29, 0.717) is 10.8 Å². The van der Waals surface area contributed by atoms with E-state index < -0.39 is 0 Å². The first kappa shape index (κ1) is 19.4. The van der Waals surface area contributed by atoms with Crippen molar-refractivity contribution in [3.8, 4) is 0 Å².